The van der Waals surface area contributed by atoms with E-state index in [-0.39, 0.29) is 68.7 Å². The van der Waals surface area contributed by atoms with Crippen LogP contribution in [0.4, 0.5) is 27.1 Å². The van der Waals surface area contributed by atoms with E-state index in [1.807, 2.05) is 7.05 Å². The number of anilines is 1. The van der Waals surface area contributed by atoms with Crippen LogP contribution in [0.15, 0.2) is 30.9 Å². The minimum atomic E-state index is -5.06. The number of hydrogen-bond acceptors (Lipinski definition) is 9. The Labute approximate surface area is 264 Å². The monoisotopic (exact) mass is 662 g/mol. The first-order chi connectivity index (χ1) is 21.6. The third-order valence-electron chi connectivity index (χ3n) is 8.37. The lowest BCUT2D eigenvalue weighted by Gasteiger charge is -2.21. The molecule has 46 heavy (non-hydrogen) atoms. The summed E-state index contributed by atoms with van der Waals surface area (Å²) in [5, 5.41) is -0.435. The summed E-state index contributed by atoms with van der Waals surface area (Å²) >= 11 is 0.740. The van der Waals surface area contributed by atoms with Crippen molar-refractivity contribution in [1.82, 2.24) is 24.8 Å². The highest BCUT2D eigenvalue weighted by atomic mass is 32.1. The minimum Gasteiger partial charge on any atom is -0.472 e. The number of fused-ring (bicyclic) bond motifs is 2. The smallest absolute Gasteiger partial charge is 0.417 e. The van der Waals surface area contributed by atoms with Gasteiger partial charge in [0.25, 0.3) is 0 Å². The first kappa shape index (κ1) is 31.9. The van der Waals surface area contributed by atoms with Crippen molar-refractivity contribution in [2.75, 3.05) is 39.0 Å². The van der Waals surface area contributed by atoms with Crippen molar-refractivity contribution in [2.24, 2.45) is 5.41 Å². The first-order valence-corrected chi connectivity index (χ1v) is 15.3. The van der Waals surface area contributed by atoms with E-state index in [1.54, 1.807) is 0 Å². The Kier molecular flexibility index (Phi) is 8.03. The number of amides is 1. The van der Waals surface area contributed by atoms with Crippen molar-refractivity contribution < 1.29 is 36.2 Å². The van der Waals surface area contributed by atoms with Gasteiger partial charge in [-0.1, -0.05) is 31.8 Å². The molecule has 2 atom stereocenters. The van der Waals surface area contributed by atoms with Gasteiger partial charge in [-0.25, -0.2) is 13.8 Å². The van der Waals surface area contributed by atoms with E-state index in [0.29, 0.717) is 19.0 Å². The predicted octanol–water partition coefficient (Wildman–Crippen LogP) is 6.06. The van der Waals surface area contributed by atoms with E-state index in [0.717, 1.165) is 42.5 Å². The molecule has 0 spiro atoms. The summed E-state index contributed by atoms with van der Waals surface area (Å²) in [6, 6.07) is 2.39. The second kappa shape index (κ2) is 11.6. The quantitative estimate of drug-likeness (QED) is 0.188. The summed E-state index contributed by atoms with van der Waals surface area (Å²) in [6.07, 6.45) is -3.39. The summed E-state index contributed by atoms with van der Waals surface area (Å²) in [5.41, 5.74) is 2.57. The van der Waals surface area contributed by atoms with Crippen molar-refractivity contribution >= 4 is 43.5 Å². The molecule has 0 bridgehead atoms. The zero-order valence-corrected chi connectivity index (χ0v) is 26.1. The molecule has 0 aliphatic carbocycles. The SMILES string of the molecule is C=CC(=O)N1CCC(Oc2nc(OCC3CC(C)(C)CN3C)nc3c(F)c(-c4ccc(F)c5sc(N)nc45)c(C(F)(F)F)cc23)C1. The van der Waals surface area contributed by atoms with Crippen molar-refractivity contribution in [1.29, 1.82) is 0 Å². The number of ether oxygens (including phenoxy) is 2. The number of hydrogen-bond donors (Lipinski definition) is 1. The summed E-state index contributed by atoms with van der Waals surface area (Å²) in [4.78, 5) is 28.3. The fourth-order valence-corrected chi connectivity index (χ4v) is 7.11. The molecule has 6 rings (SSSR count). The van der Waals surface area contributed by atoms with Crippen LogP contribution in [0.2, 0.25) is 0 Å². The normalized spacial score (nSPS) is 20.1. The van der Waals surface area contributed by atoms with Crippen molar-refractivity contribution in [2.45, 2.75) is 45.0 Å². The summed E-state index contributed by atoms with van der Waals surface area (Å²) in [5.74, 6) is -2.74. The highest BCUT2D eigenvalue weighted by Crippen LogP contribution is 2.46. The summed E-state index contributed by atoms with van der Waals surface area (Å²) in [6.45, 7) is 9.15. The molecule has 1 amide bonds. The van der Waals surface area contributed by atoms with Crippen LogP contribution < -0.4 is 15.2 Å². The van der Waals surface area contributed by atoms with Crippen molar-refractivity contribution in [3.8, 4) is 23.0 Å². The first-order valence-electron chi connectivity index (χ1n) is 14.5. The van der Waals surface area contributed by atoms with Gasteiger partial charge in [-0.3, -0.25) is 9.69 Å². The largest absolute Gasteiger partial charge is 0.472 e. The van der Waals surface area contributed by atoms with Crippen molar-refractivity contribution in [3.05, 3.63) is 48.1 Å². The number of aromatic nitrogens is 3. The number of alkyl halides is 3. The Morgan fingerprint density at radius 2 is 1.98 bits per heavy atom. The molecule has 4 heterocycles. The second-order valence-corrected chi connectivity index (χ2v) is 13.4. The van der Waals surface area contributed by atoms with Crippen LogP contribution >= 0.6 is 11.3 Å². The van der Waals surface area contributed by atoms with Gasteiger partial charge in [0.2, 0.25) is 11.8 Å². The Hall–Kier alpha value is -4.11. The lowest BCUT2D eigenvalue weighted by atomic mass is 9.91. The molecule has 0 saturated carbocycles. The number of carbonyl (C=O) groups is 1. The summed E-state index contributed by atoms with van der Waals surface area (Å²) < 4.78 is 87.1. The molecule has 2 aromatic carbocycles. The Morgan fingerprint density at radius 1 is 1.22 bits per heavy atom. The van der Waals surface area contributed by atoms with E-state index in [4.69, 9.17) is 15.2 Å². The topological polar surface area (TPSA) is 107 Å². The number of nitrogens with zero attached hydrogens (tertiary/aromatic N) is 5. The molecule has 2 aromatic heterocycles. The number of rotatable bonds is 7. The number of carbonyl (C=O) groups excluding carboxylic acids is 1. The number of nitrogens with two attached hydrogens (primary N) is 1. The molecule has 2 fully saturated rings. The molecule has 0 radical (unpaired) electrons. The highest BCUT2D eigenvalue weighted by Gasteiger charge is 2.39. The van der Waals surface area contributed by atoms with E-state index in [1.165, 1.54) is 4.90 Å². The van der Waals surface area contributed by atoms with Gasteiger partial charge in [0.05, 0.1) is 27.7 Å². The molecule has 15 heteroatoms. The van der Waals surface area contributed by atoms with Gasteiger partial charge < -0.3 is 20.1 Å². The van der Waals surface area contributed by atoms with Crippen LogP contribution in [-0.2, 0) is 11.0 Å². The average molecular weight is 663 g/mol. The van der Waals surface area contributed by atoms with Crippen LogP contribution in [0.5, 0.6) is 11.9 Å². The van der Waals surface area contributed by atoms with E-state index in [9.17, 15) is 22.4 Å². The van der Waals surface area contributed by atoms with Gasteiger partial charge in [0.15, 0.2) is 10.9 Å². The van der Waals surface area contributed by atoms with E-state index < -0.39 is 40.6 Å². The molecule has 2 unspecified atom stereocenters. The molecular formula is C31H31F5N6O3S. The Bertz CT molecular complexity index is 1860. The molecular weight excluding hydrogens is 631 g/mol. The van der Waals surface area contributed by atoms with Crippen LogP contribution in [0.1, 0.15) is 32.3 Å². The minimum absolute atomic E-state index is 0.0115. The Morgan fingerprint density at radius 3 is 2.65 bits per heavy atom. The molecule has 2 saturated heterocycles. The van der Waals surface area contributed by atoms with Gasteiger partial charge in [0, 0.05) is 36.7 Å². The molecule has 2 aliphatic rings. The lowest BCUT2D eigenvalue weighted by Crippen LogP contribution is -2.31. The van der Waals surface area contributed by atoms with Crippen LogP contribution in [0, 0.1) is 17.0 Å². The molecule has 2 aliphatic heterocycles. The third kappa shape index (κ3) is 5.93. The number of benzene rings is 2. The summed E-state index contributed by atoms with van der Waals surface area (Å²) in [7, 11) is 1.95. The van der Waals surface area contributed by atoms with Crippen molar-refractivity contribution in [3.63, 3.8) is 0 Å². The Balaban J connectivity index is 1.50. The average Bonchev–Trinajstić information content (AvgIpc) is 3.68. The molecule has 9 nitrogen and oxygen atoms in total. The lowest BCUT2D eigenvalue weighted by molar-refractivity contribution is -0.137. The van der Waals surface area contributed by atoms with Gasteiger partial charge >= 0.3 is 12.2 Å². The molecule has 244 valence electrons. The maximum Gasteiger partial charge on any atom is 0.417 e. The zero-order valence-electron chi connectivity index (χ0n) is 25.3. The zero-order chi connectivity index (χ0) is 33.1. The van der Waals surface area contributed by atoms with Crippen LogP contribution in [0.3, 0.4) is 0 Å². The second-order valence-electron chi connectivity index (χ2n) is 12.4. The number of likely N-dealkylation sites (N-methyl/N-ethyl adjacent to an activating group) is 1. The van der Waals surface area contributed by atoms with E-state index >= 15 is 4.39 Å². The maximum absolute atomic E-state index is 16.7. The number of nitrogen functional groups attached to an aromatic ring is 1. The number of halogens is 5. The van der Waals surface area contributed by atoms with Crippen LogP contribution in [0.25, 0.3) is 32.2 Å². The fourth-order valence-electron chi connectivity index (χ4n) is 6.35. The highest BCUT2D eigenvalue weighted by molar-refractivity contribution is 7.22. The maximum atomic E-state index is 16.7. The number of thiazole rings is 1. The van der Waals surface area contributed by atoms with Gasteiger partial charge in [0.1, 0.15) is 24.0 Å². The van der Waals surface area contributed by atoms with Gasteiger partial charge in [-0.2, -0.15) is 23.1 Å². The standard InChI is InChI=1S/C31H31F5N6O3S/c1-5-21(43)42-9-8-16(12-42)45-27-18-10-19(31(34,35)36)22(17-6-7-20(32)26-25(17)38-28(37)46-26)23(33)24(18)39-29(40-27)44-13-15-11-30(2,3)14-41(15)4/h5-7,10,15-16H,1,8-9,11-14H2,2-4H3,(H2,37,38). The van der Waals surface area contributed by atoms with Gasteiger partial charge in [-0.15, -0.1) is 0 Å². The molecule has 2 N–H and O–H groups in total. The third-order valence-corrected chi connectivity index (χ3v) is 9.26. The van der Waals surface area contributed by atoms with Crippen LogP contribution in [-0.4, -0.2) is 76.1 Å². The van der Waals surface area contributed by atoms with E-state index in [2.05, 4.69) is 40.3 Å². The predicted molar refractivity (Wildman–Crippen MR) is 164 cm³/mol. The fraction of sp³-hybridized carbons (Fsp3) is 0.419. The van der Waals surface area contributed by atoms with Gasteiger partial charge in [-0.05, 0) is 43.2 Å². The number of likely N-dealkylation sites (tertiary alicyclic amines) is 2. The molecule has 4 aromatic rings.